The molecule has 0 bridgehead atoms. The van der Waals surface area contributed by atoms with Gasteiger partial charge in [0.25, 0.3) is 0 Å². The van der Waals surface area contributed by atoms with Gasteiger partial charge in [0.1, 0.15) is 5.01 Å². The van der Waals surface area contributed by atoms with Gasteiger partial charge in [0.2, 0.25) is 5.95 Å². The van der Waals surface area contributed by atoms with Crippen LogP contribution in [0.25, 0.3) is 5.69 Å². The van der Waals surface area contributed by atoms with Crippen LogP contribution in [-0.4, -0.2) is 56.3 Å². The molecule has 1 unspecified atom stereocenters. The van der Waals surface area contributed by atoms with Crippen molar-refractivity contribution in [2.75, 3.05) is 25.0 Å². The molecule has 2 aliphatic rings. The molecule has 1 saturated carbocycles. The largest absolute Gasteiger partial charge is 0.339 e. The molecule has 1 atom stereocenters. The van der Waals surface area contributed by atoms with Crippen molar-refractivity contribution in [2.24, 2.45) is 5.41 Å². The van der Waals surface area contributed by atoms with E-state index in [9.17, 15) is 0 Å². The van der Waals surface area contributed by atoms with Gasteiger partial charge in [0.15, 0.2) is 0 Å². The Kier molecular flexibility index (Phi) is 4.40. The van der Waals surface area contributed by atoms with Crippen LogP contribution in [0, 0.1) is 12.3 Å². The van der Waals surface area contributed by atoms with Crippen LogP contribution in [0.15, 0.2) is 35.8 Å². The predicted molar refractivity (Wildman–Crippen MR) is 110 cm³/mol. The third-order valence-electron chi connectivity index (χ3n) is 6.32. The smallest absolute Gasteiger partial charge is 0.250 e. The summed E-state index contributed by atoms with van der Waals surface area (Å²) < 4.78 is 1.86. The summed E-state index contributed by atoms with van der Waals surface area (Å²) in [7, 11) is 2.24. The predicted octanol–water partition coefficient (Wildman–Crippen LogP) is 2.92. The lowest BCUT2D eigenvalue weighted by Crippen LogP contribution is -2.39. The van der Waals surface area contributed by atoms with E-state index >= 15 is 0 Å². The Morgan fingerprint density at radius 2 is 2.00 bits per heavy atom. The highest BCUT2D eigenvalue weighted by molar-refractivity contribution is 7.09. The standard InChI is InChI=1S/C20H25N7S/c1-15-3-5-16(6-4-15)27-19(22-23-24-27)26-10-7-20(8-11-26)13-17(20)25(2)14-18-21-9-12-28-18/h3-6,9,12,17H,7-8,10-11,13-14H2,1-2H3. The van der Waals surface area contributed by atoms with Gasteiger partial charge in [0.05, 0.1) is 12.2 Å². The molecule has 0 amide bonds. The summed E-state index contributed by atoms with van der Waals surface area (Å²) in [5, 5.41) is 15.8. The van der Waals surface area contributed by atoms with Crippen molar-refractivity contribution in [1.29, 1.82) is 0 Å². The third kappa shape index (κ3) is 3.20. The molecule has 8 heteroatoms. The Labute approximate surface area is 169 Å². The summed E-state index contributed by atoms with van der Waals surface area (Å²) in [6, 6.07) is 9.01. The number of rotatable bonds is 5. The lowest BCUT2D eigenvalue weighted by Gasteiger charge is -2.34. The van der Waals surface area contributed by atoms with Gasteiger partial charge in [-0.25, -0.2) is 4.98 Å². The Balaban J connectivity index is 1.24. The number of thiazole rings is 1. The molecule has 3 heterocycles. The first-order valence-corrected chi connectivity index (χ1v) is 10.7. The molecule has 146 valence electrons. The van der Waals surface area contributed by atoms with Gasteiger partial charge >= 0.3 is 0 Å². The Hall–Kier alpha value is -2.32. The molecule has 2 fully saturated rings. The van der Waals surface area contributed by atoms with E-state index in [-0.39, 0.29) is 0 Å². The molecular weight excluding hydrogens is 370 g/mol. The molecule has 1 saturated heterocycles. The van der Waals surface area contributed by atoms with E-state index in [4.69, 9.17) is 0 Å². The molecule has 0 N–H and O–H groups in total. The van der Waals surface area contributed by atoms with E-state index in [2.05, 4.69) is 73.9 Å². The number of aromatic nitrogens is 5. The summed E-state index contributed by atoms with van der Waals surface area (Å²) in [6.07, 6.45) is 5.58. The number of benzene rings is 1. The normalized spacial score (nSPS) is 20.8. The molecule has 3 aromatic rings. The SMILES string of the molecule is Cc1ccc(-n2nnnc2N2CCC3(CC2)CC3N(C)Cc2nccs2)cc1. The van der Waals surface area contributed by atoms with E-state index in [1.54, 1.807) is 11.3 Å². The topological polar surface area (TPSA) is 63.0 Å². The Morgan fingerprint density at radius 3 is 2.71 bits per heavy atom. The minimum Gasteiger partial charge on any atom is -0.339 e. The zero-order valence-corrected chi connectivity index (χ0v) is 17.1. The molecule has 1 spiro atoms. The molecule has 7 nitrogen and oxygen atoms in total. The quantitative estimate of drug-likeness (QED) is 0.662. The number of tetrazole rings is 1. The van der Waals surface area contributed by atoms with Crippen LogP contribution >= 0.6 is 11.3 Å². The molecule has 0 radical (unpaired) electrons. The molecule has 5 rings (SSSR count). The summed E-state index contributed by atoms with van der Waals surface area (Å²) in [5.41, 5.74) is 2.71. The van der Waals surface area contributed by atoms with Gasteiger partial charge in [-0.05, 0) is 61.2 Å². The molecule has 28 heavy (non-hydrogen) atoms. The van der Waals surface area contributed by atoms with Crippen molar-refractivity contribution >= 4 is 17.3 Å². The van der Waals surface area contributed by atoms with Crippen molar-refractivity contribution < 1.29 is 0 Å². The van der Waals surface area contributed by atoms with Gasteiger partial charge in [-0.1, -0.05) is 22.8 Å². The van der Waals surface area contributed by atoms with Crippen molar-refractivity contribution in [3.05, 3.63) is 46.4 Å². The zero-order valence-electron chi connectivity index (χ0n) is 16.3. The molecule has 1 aliphatic carbocycles. The minimum atomic E-state index is 0.463. The molecule has 1 aromatic carbocycles. The van der Waals surface area contributed by atoms with Crippen LogP contribution < -0.4 is 4.90 Å². The summed E-state index contributed by atoms with van der Waals surface area (Å²) in [5.74, 6) is 0.854. The first-order chi connectivity index (χ1) is 13.6. The maximum atomic E-state index is 4.43. The average molecular weight is 396 g/mol. The lowest BCUT2D eigenvalue weighted by molar-refractivity contribution is 0.238. The second-order valence-corrected chi connectivity index (χ2v) is 9.12. The fourth-order valence-corrected chi connectivity index (χ4v) is 5.20. The number of piperidine rings is 1. The molecule has 1 aliphatic heterocycles. The van der Waals surface area contributed by atoms with E-state index in [0.29, 0.717) is 11.5 Å². The van der Waals surface area contributed by atoms with Gasteiger partial charge in [-0.15, -0.1) is 11.3 Å². The monoisotopic (exact) mass is 395 g/mol. The maximum absolute atomic E-state index is 4.43. The fraction of sp³-hybridized carbons (Fsp3) is 0.500. The van der Waals surface area contributed by atoms with Crippen LogP contribution in [0.2, 0.25) is 0 Å². The first kappa shape index (κ1) is 17.8. The van der Waals surface area contributed by atoms with Crippen molar-refractivity contribution in [3.63, 3.8) is 0 Å². The molecule has 2 aromatic heterocycles. The second-order valence-electron chi connectivity index (χ2n) is 8.14. The molecular formula is C20H25N7S. The van der Waals surface area contributed by atoms with Gasteiger partial charge < -0.3 is 4.90 Å². The Morgan fingerprint density at radius 1 is 1.21 bits per heavy atom. The van der Waals surface area contributed by atoms with Crippen LogP contribution in [-0.2, 0) is 6.54 Å². The van der Waals surface area contributed by atoms with Gasteiger partial charge in [0, 0.05) is 30.7 Å². The van der Waals surface area contributed by atoms with Gasteiger partial charge in [-0.2, -0.15) is 4.68 Å². The highest BCUT2D eigenvalue weighted by Gasteiger charge is 2.56. The highest BCUT2D eigenvalue weighted by Crippen LogP contribution is 2.56. The second kappa shape index (κ2) is 6.93. The Bertz CT molecular complexity index is 926. The number of hydrogen-bond acceptors (Lipinski definition) is 7. The first-order valence-electron chi connectivity index (χ1n) is 9.84. The zero-order chi connectivity index (χ0) is 19.1. The van der Waals surface area contributed by atoms with E-state index in [1.165, 1.54) is 29.8 Å². The van der Waals surface area contributed by atoms with Crippen LogP contribution in [0.4, 0.5) is 5.95 Å². The number of aryl methyl sites for hydroxylation is 1. The van der Waals surface area contributed by atoms with Crippen LogP contribution in [0.5, 0.6) is 0 Å². The minimum absolute atomic E-state index is 0.463. The fourth-order valence-electron chi connectivity index (χ4n) is 4.53. The van der Waals surface area contributed by atoms with Crippen LogP contribution in [0.1, 0.15) is 29.8 Å². The van der Waals surface area contributed by atoms with Crippen molar-refractivity contribution in [1.82, 2.24) is 30.1 Å². The van der Waals surface area contributed by atoms with E-state index in [0.717, 1.165) is 31.3 Å². The summed E-state index contributed by atoms with van der Waals surface area (Å²) >= 11 is 1.74. The summed E-state index contributed by atoms with van der Waals surface area (Å²) in [4.78, 5) is 9.26. The lowest BCUT2D eigenvalue weighted by atomic mass is 9.92. The van der Waals surface area contributed by atoms with Crippen LogP contribution in [0.3, 0.4) is 0 Å². The summed E-state index contributed by atoms with van der Waals surface area (Å²) in [6.45, 7) is 5.06. The van der Waals surface area contributed by atoms with E-state index < -0.39 is 0 Å². The van der Waals surface area contributed by atoms with E-state index in [1.807, 2.05) is 10.9 Å². The third-order valence-corrected chi connectivity index (χ3v) is 7.08. The number of hydrogen-bond donors (Lipinski definition) is 0. The maximum Gasteiger partial charge on any atom is 0.250 e. The highest BCUT2D eigenvalue weighted by atomic mass is 32.1. The number of anilines is 1. The average Bonchev–Trinajstić information content (AvgIpc) is 3.08. The van der Waals surface area contributed by atoms with Crippen molar-refractivity contribution in [3.8, 4) is 5.69 Å². The number of nitrogens with zero attached hydrogens (tertiary/aromatic N) is 7. The van der Waals surface area contributed by atoms with Crippen molar-refractivity contribution in [2.45, 2.75) is 38.8 Å². The van der Waals surface area contributed by atoms with Gasteiger partial charge in [-0.3, -0.25) is 4.90 Å².